The van der Waals surface area contributed by atoms with Crippen LogP contribution in [-0.4, -0.2) is 46.4 Å². The van der Waals surface area contributed by atoms with Crippen LogP contribution in [0.1, 0.15) is 41.9 Å². The predicted molar refractivity (Wildman–Crippen MR) is 120 cm³/mol. The third-order valence-corrected chi connectivity index (χ3v) is 6.34. The van der Waals surface area contributed by atoms with Crippen LogP contribution in [0.2, 0.25) is 0 Å². The van der Waals surface area contributed by atoms with Gasteiger partial charge in [0.15, 0.2) is 0 Å². The Morgan fingerprint density at radius 2 is 1.80 bits per heavy atom. The zero-order valence-electron chi connectivity index (χ0n) is 18.4. The number of nitrogens with zero attached hydrogens (tertiary/aromatic N) is 5. The van der Waals surface area contributed by atoms with E-state index in [9.17, 15) is 0 Å². The Morgan fingerprint density at radius 1 is 1.03 bits per heavy atom. The molecule has 1 aliphatic rings. The quantitative estimate of drug-likeness (QED) is 0.656. The average Bonchev–Trinajstić information content (AvgIpc) is 3.24. The fourth-order valence-corrected chi connectivity index (χ4v) is 4.60. The van der Waals surface area contributed by atoms with Crippen LogP contribution in [0.25, 0.3) is 0 Å². The molecule has 1 atom stereocenters. The van der Waals surface area contributed by atoms with Crippen molar-refractivity contribution < 1.29 is 4.90 Å². The highest BCUT2D eigenvalue weighted by atomic mass is 15.5. The monoisotopic (exact) mass is 405 g/mol. The Bertz CT molecular complexity index is 943. The van der Waals surface area contributed by atoms with E-state index < -0.39 is 0 Å². The van der Waals surface area contributed by atoms with Crippen LogP contribution >= 0.6 is 0 Å². The molecule has 0 aliphatic carbocycles. The fourth-order valence-electron chi connectivity index (χ4n) is 4.60. The lowest BCUT2D eigenvalue weighted by atomic mass is 10.1. The van der Waals surface area contributed by atoms with E-state index in [1.807, 2.05) is 4.68 Å². The first-order valence-electron chi connectivity index (χ1n) is 11.1. The second-order valence-corrected chi connectivity index (χ2v) is 8.39. The van der Waals surface area contributed by atoms with E-state index in [2.05, 4.69) is 89.7 Å². The molecule has 1 aromatic heterocycles. The third kappa shape index (κ3) is 4.54. The van der Waals surface area contributed by atoms with Crippen LogP contribution in [0.4, 0.5) is 5.69 Å². The summed E-state index contributed by atoms with van der Waals surface area (Å²) in [6.07, 6.45) is 2.00. The van der Waals surface area contributed by atoms with E-state index in [0.29, 0.717) is 6.04 Å². The SMILES string of the molecule is CC[C@H](c1nnnn1CCc1ccccc1)[NH+]1CCN(c2cc(C)ccc2C)CC1. The fraction of sp³-hybridized carbons (Fsp3) is 0.458. The van der Waals surface area contributed by atoms with Gasteiger partial charge >= 0.3 is 0 Å². The van der Waals surface area contributed by atoms with E-state index in [1.54, 1.807) is 4.90 Å². The number of aryl methyl sites for hydroxylation is 4. The molecule has 0 spiro atoms. The van der Waals surface area contributed by atoms with Gasteiger partial charge in [-0.25, -0.2) is 4.68 Å². The number of aromatic nitrogens is 4. The van der Waals surface area contributed by atoms with Gasteiger partial charge in [-0.05, 0) is 53.5 Å². The molecule has 158 valence electrons. The number of nitrogens with one attached hydrogen (secondary N) is 1. The molecule has 0 bridgehead atoms. The third-order valence-electron chi connectivity index (χ3n) is 6.34. The molecule has 0 radical (unpaired) electrons. The number of hydrogen-bond acceptors (Lipinski definition) is 4. The molecule has 1 N–H and O–H groups in total. The van der Waals surface area contributed by atoms with Gasteiger partial charge in [0.25, 0.3) is 0 Å². The van der Waals surface area contributed by atoms with E-state index in [4.69, 9.17) is 0 Å². The molecule has 0 saturated carbocycles. The molecule has 30 heavy (non-hydrogen) atoms. The molecular weight excluding hydrogens is 372 g/mol. The number of piperazine rings is 1. The highest BCUT2D eigenvalue weighted by Crippen LogP contribution is 2.22. The minimum absolute atomic E-state index is 0.344. The summed E-state index contributed by atoms with van der Waals surface area (Å²) in [6.45, 7) is 11.8. The van der Waals surface area contributed by atoms with Crippen molar-refractivity contribution >= 4 is 5.69 Å². The summed E-state index contributed by atoms with van der Waals surface area (Å²) >= 11 is 0. The maximum Gasteiger partial charge on any atom is 0.209 e. The molecular formula is C24H33N6+. The van der Waals surface area contributed by atoms with Gasteiger partial charge in [-0.3, -0.25) is 0 Å². The van der Waals surface area contributed by atoms with Gasteiger partial charge in [0.2, 0.25) is 5.82 Å². The van der Waals surface area contributed by atoms with Crippen molar-refractivity contribution in [3.63, 3.8) is 0 Å². The molecule has 0 unspecified atom stereocenters. The van der Waals surface area contributed by atoms with Crippen LogP contribution in [0, 0.1) is 13.8 Å². The Balaban J connectivity index is 1.42. The zero-order chi connectivity index (χ0) is 20.9. The van der Waals surface area contributed by atoms with Crippen molar-refractivity contribution in [2.24, 2.45) is 0 Å². The summed E-state index contributed by atoms with van der Waals surface area (Å²) in [6, 6.07) is 17.7. The zero-order valence-corrected chi connectivity index (χ0v) is 18.4. The number of rotatable bonds is 7. The minimum Gasteiger partial charge on any atom is -0.360 e. The number of tetrazole rings is 1. The van der Waals surface area contributed by atoms with Crippen molar-refractivity contribution in [1.82, 2.24) is 20.2 Å². The second-order valence-electron chi connectivity index (χ2n) is 8.39. The Labute approximate surface area is 179 Å². The molecule has 2 aromatic carbocycles. The predicted octanol–water partition coefficient (Wildman–Crippen LogP) is 2.39. The summed E-state index contributed by atoms with van der Waals surface area (Å²) in [5.74, 6) is 1.03. The molecule has 3 aromatic rings. The summed E-state index contributed by atoms with van der Waals surface area (Å²) in [4.78, 5) is 4.13. The van der Waals surface area contributed by atoms with Gasteiger partial charge in [0, 0.05) is 18.7 Å². The van der Waals surface area contributed by atoms with E-state index in [-0.39, 0.29) is 0 Å². The number of quaternary nitrogens is 1. The van der Waals surface area contributed by atoms with Crippen molar-refractivity contribution in [3.05, 3.63) is 71.0 Å². The summed E-state index contributed by atoms with van der Waals surface area (Å²) < 4.78 is 2.02. The van der Waals surface area contributed by atoms with Gasteiger partial charge in [0.1, 0.15) is 6.04 Å². The number of benzene rings is 2. The lowest BCUT2D eigenvalue weighted by Crippen LogP contribution is -3.15. The van der Waals surface area contributed by atoms with Gasteiger partial charge in [-0.15, -0.1) is 5.10 Å². The van der Waals surface area contributed by atoms with Crippen molar-refractivity contribution in [3.8, 4) is 0 Å². The molecule has 1 saturated heterocycles. The van der Waals surface area contributed by atoms with Crippen LogP contribution in [0.3, 0.4) is 0 Å². The van der Waals surface area contributed by atoms with Crippen LogP contribution in [-0.2, 0) is 13.0 Å². The topological polar surface area (TPSA) is 51.3 Å². The van der Waals surface area contributed by atoms with E-state index in [1.165, 1.54) is 22.4 Å². The Kier molecular flexibility index (Phi) is 6.43. The van der Waals surface area contributed by atoms with Crippen molar-refractivity contribution in [2.75, 3.05) is 31.1 Å². The van der Waals surface area contributed by atoms with Crippen molar-refractivity contribution in [1.29, 1.82) is 0 Å². The maximum absolute atomic E-state index is 4.45. The molecule has 2 heterocycles. The van der Waals surface area contributed by atoms with E-state index in [0.717, 1.165) is 51.4 Å². The highest BCUT2D eigenvalue weighted by molar-refractivity contribution is 5.55. The summed E-state index contributed by atoms with van der Waals surface area (Å²) in [7, 11) is 0. The summed E-state index contributed by atoms with van der Waals surface area (Å²) in [5, 5.41) is 12.8. The van der Waals surface area contributed by atoms with Gasteiger partial charge < -0.3 is 9.80 Å². The first kappa shape index (κ1) is 20.5. The first-order valence-corrected chi connectivity index (χ1v) is 11.1. The average molecular weight is 406 g/mol. The maximum atomic E-state index is 4.45. The van der Waals surface area contributed by atoms with Gasteiger partial charge in [-0.1, -0.05) is 49.4 Å². The van der Waals surface area contributed by atoms with Crippen molar-refractivity contribution in [2.45, 2.75) is 46.2 Å². The van der Waals surface area contributed by atoms with Gasteiger partial charge in [0.05, 0.1) is 26.2 Å². The first-order chi connectivity index (χ1) is 14.7. The van der Waals surface area contributed by atoms with Gasteiger partial charge in [-0.2, -0.15) is 0 Å². The molecule has 0 amide bonds. The lowest BCUT2D eigenvalue weighted by Gasteiger charge is -2.37. The number of hydrogen-bond donors (Lipinski definition) is 1. The van der Waals surface area contributed by atoms with E-state index >= 15 is 0 Å². The normalized spacial score (nSPS) is 16.0. The molecule has 4 rings (SSSR count). The smallest absolute Gasteiger partial charge is 0.209 e. The largest absolute Gasteiger partial charge is 0.360 e. The van der Waals surface area contributed by atoms with Crippen LogP contribution < -0.4 is 9.80 Å². The Hall–Kier alpha value is -2.73. The van der Waals surface area contributed by atoms with Crippen LogP contribution in [0.5, 0.6) is 0 Å². The molecule has 6 nitrogen and oxygen atoms in total. The highest BCUT2D eigenvalue weighted by Gasteiger charge is 2.31. The standard InChI is InChI=1S/C24H32N6/c1-4-22(24-25-26-27-30(24)13-12-21-8-6-5-7-9-21)28-14-16-29(17-15-28)23-18-19(2)10-11-20(23)3/h5-11,18,22H,4,12-17H2,1-3H3/p+1/t22-/m1/s1. The lowest BCUT2D eigenvalue weighted by molar-refractivity contribution is -0.933. The van der Waals surface area contributed by atoms with Crippen LogP contribution in [0.15, 0.2) is 48.5 Å². The Morgan fingerprint density at radius 3 is 2.53 bits per heavy atom. The molecule has 1 aliphatic heterocycles. The minimum atomic E-state index is 0.344. The summed E-state index contributed by atoms with van der Waals surface area (Å²) in [5.41, 5.74) is 5.40. The molecule has 1 fully saturated rings. The second kappa shape index (κ2) is 9.39. The molecule has 6 heteroatoms. The number of anilines is 1.